The fourth-order valence-electron chi connectivity index (χ4n) is 1.41. The van der Waals surface area contributed by atoms with Crippen molar-refractivity contribution < 1.29 is 18.0 Å². The van der Waals surface area contributed by atoms with E-state index < -0.39 is 18.1 Å². The van der Waals surface area contributed by atoms with Crippen LogP contribution in [0.25, 0.3) is 11.2 Å². The fourth-order valence-corrected chi connectivity index (χ4v) is 1.56. The summed E-state index contributed by atoms with van der Waals surface area (Å²) in [6.07, 6.45) is -3.83. The first-order chi connectivity index (χ1) is 8.29. The summed E-state index contributed by atoms with van der Waals surface area (Å²) in [4.78, 5) is 12.3. The van der Waals surface area contributed by atoms with Gasteiger partial charge in [0.1, 0.15) is 11.6 Å². The van der Waals surface area contributed by atoms with Crippen LogP contribution in [0.5, 0.6) is 0 Å². The molecule has 4 nitrogen and oxygen atoms in total. The van der Waals surface area contributed by atoms with Crippen LogP contribution < -0.4 is 4.84 Å². The number of fused-ring (bicyclic) bond motifs is 1. The maximum atomic E-state index is 12.8. The van der Waals surface area contributed by atoms with Crippen LogP contribution >= 0.6 is 11.6 Å². The molecule has 0 aromatic carbocycles. The summed E-state index contributed by atoms with van der Waals surface area (Å²) in [7, 11) is 0. The summed E-state index contributed by atoms with van der Waals surface area (Å²) in [6.45, 7) is 3.23. The minimum atomic E-state index is -4.62. The molecule has 0 aliphatic carbocycles. The molecule has 2 aromatic rings. The summed E-state index contributed by atoms with van der Waals surface area (Å²) in [5.74, 6) is -1.15. The Morgan fingerprint density at radius 1 is 1.39 bits per heavy atom. The Labute approximate surface area is 105 Å². The van der Waals surface area contributed by atoms with Gasteiger partial charge in [-0.05, 0) is 19.9 Å². The molecule has 0 N–H and O–H groups in total. The molecule has 0 radical (unpaired) electrons. The first kappa shape index (κ1) is 12.9. The smallest absolute Gasteiger partial charge is 0.409 e. The average molecular weight is 280 g/mol. The van der Waals surface area contributed by atoms with Gasteiger partial charge in [-0.3, -0.25) is 0 Å². The molecule has 0 bridgehead atoms. The standard InChI is InChI=1S/C10H9ClF3N3O/c1-5(2)18-17-7-3-6(11)4-15-8(7)16-9(17)10(12,13)14/h3-5H,1-2H3. The zero-order valence-electron chi connectivity index (χ0n) is 9.49. The molecular weight excluding hydrogens is 271 g/mol. The zero-order valence-corrected chi connectivity index (χ0v) is 10.2. The molecule has 0 atom stereocenters. The van der Waals surface area contributed by atoms with Gasteiger partial charge in [0.2, 0.25) is 0 Å². The third-order valence-electron chi connectivity index (χ3n) is 2.01. The molecule has 18 heavy (non-hydrogen) atoms. The molecule has 0 aliphatic rings. The second kappa shape index (κ2) is 4.31. The summed E-state index contributed by atoms with van der Waals surface area (Å²) in [6, 6.07) is 1.33. The molecule has 0 saturated carbocycles. The molecule has 0 aliphatic heterocycles. The van der Waals surface area contributed by atoms with Crippen molar-refractivity contribution in [2.45, 2.75) is 26.1 Å². The number of hydrogen-bond donors (Lipinski definition) is 0. The van der Waals surface area contributed by atoms with E-state index in [1.165, 1.54) is 12.3 Å². The lowest BCUT2D eigenvalue weighted by atomic mass is 10.4. The summed E-state index contributed by atoms with van der Waals surface area (Å²) in [5, 5.41) is 0.213. The van der Waals surface area contributed by atoms with Crippen molar-refractivity contribution in [2.24, 2.45) is 0 Å². The quantitative estimate of drug-likeness (QED) is 0.848. The zero-order chi connectivity index (χ0) is 13.5. The SMILES string of the molecule is CC(C)On1c(C(F)(F)F)nc2ncc(Cl)cc21. The summed E-state index contributed by atoms with van der Waals surface area (Å²) < 4.78 is 39.1. The van der Waals surface area contributed by atoms with E-state index in [9.17, 15) is 13.2 Å². The molecule has 2 heterocycles. The van der Waals surface area contributed by atoms with Gasteiger partial charge >= 0.3 is 6.18 Å². The first-order valence-corrected chi connectivity index (χ1v) is 5.45. The lowest BCUT2D eigenvalue weighted by molar-refractivity contribution is -0.156. The third kappa shape index (κ3) is 2.35. The van der Waals surface area contributed by atoms with E-state index >= 15 is 0 Å². The molecule has 8 heteroatoms. The van der Waals surface area contributed by atoms with Crippen LogP contribution in [-0.4, -0.2) is 20.8 Å². The normalized spacial score (nSPS) is 12.4. The van der Waals surface area contributed by atoms with Gasteiger partial charge in [0.25, 0.3) is 5.82 Å². The van der Waals surface area contributed by atoms with Crippen LogP contribution in [0, 0.1) is 0 Å². The molecule has 0 spiro atoms. The van der Waals surface area contributed by atoms with Gasteiger partial charge < -0.3 is 4.84 Å². The number of nitrogens with zero attached hydrogens (tertiary/aromatic N) is 3. The van der Waals surface area contributed by atoms with Crippen LogP contribution in [0.15, 0.2) is 12.3 Å². The third-order valence-corrected chi connectivity index (χ3v) is 2.21. The van der Waals surface area contributed by atoms with Gasteiger partial charge in [-0.25, -0.2) is 9.97 Å². The van der Waals surface area contributed by atoms with Crippen molar-refractivity contribution in [3.05, 3.63) is 23.1 Å². The van der Waals surface area contributed by atoms with Crippen LogP contribution in [0.4, 0.5) is 13.2 Å². The van der Waals surface area contributed by atoms with Crippen LogP contribution in [0.1, 0.15) is 19.7 Å². The Balaban J connectivity index is 2.69. The van der Waals surface area contributed by atoms with Crippen molar-refractivity contribution >= 4 is 22.8 Å². The molecule has 0 fully saturated rings. The highest BCUT2D eigenvalue weighted by Gasteiger charge is 2.39. The monoisotopic (exact) mass is 279 g/mol. The lowest BCUT2D eigenvalue weighted by Crippen LogP contribution is -2.25. The van der Waals surface area contributed by atoms with E-state index in [-0.39, 0.29) is 16.2 Å². The summed E-state index contributed by atoms with van der Waals surface area (Å²) in [5.41, 5.74) is 0.0240. The van der Waals surface area contributed by atoms with E-state index in [1.54, 1.807) is 13.8 Å². The Bertz CT molecular complexity index is 579. The number of rotatable bonds is 2. The molecular formula is C10H9ClF3N3O. The van der Waals surface area contributed by atoms with Crippen LogP contribution in [0.2, 0.25) is 5.02 Å². The largest absolute Gasteiger partial charge is 0.453 e. The first-order valence-electron chi connectivity index (χ1n) is 5.07. The molecule has 2 rings (SSSR count). The number of imidazole rings is 1. The number of alkyl halides is 3. The van der Waals surface area contributed by atoms with Crippen molar-refractivity contribution in [2.75, 3.05) is 0 Å². The second-order valence-corrected chi connectivity index (χ2v) is 4.31. The minimum absolute atomic E-state index is 0.0626. The summed E-state index contributed by atoms with van der Waals surface area (Å²) >= 11 is 5.71. The van der Waals surface area contributed by atoms with Gasteiger partial charge in [-0.1, -0.05) is 11.6 Å². The van der Waals surface area contributed by atoms with Gasteiger partial charge in [0.15, 0.2) is 5.65 Å². The van der Waals surface area contributed by atoms with Crippen LogP contribution in [0.3, 0.4) is 0 Å². The van der Waals surface area contributed by atoms with Crippen molar-refractivity contribution in [1.29, 1.82) is 0 Å². The number of halogens is 4. The number of aromatic nitrogens is 3. The highest BCUT2D eigenvalue weighted by molar-refractivity contribution is 6.31. The predicted octanol–water partition coefficient (Wildman–Crippen LogP) is 2.94. The van der Waals surface area contributed by atoms with E-state index in [0.29, 0.717) is 4.73 Å². The lowest BCUT2D eigenvalue weighted by Gasteiger charge is -2.14. The maximum absolute atomic E-state index is 12.8. The van der Waals surface area contributed by atoms with Crippen molar-refractivity contribution in [1.82, 2.24) is 14.7 Å². The van der Waals surface area contributed by atoms with E-state index in [0.717, 1.165) is 0 Å². The van der Waals surface area contributed by atoms with Gasteiger partial charge in [0, 0.05) is 6.20 Å². The second-order valence-electron chi connectivity index (χ2n) is 3.88. The molecule has 0 saturated heterocycles. The van der Waals surface area contributed by atoms with Crippen molar-refractivity contribution in [3.63, 3.8) is 0 Å². The Kier molecular flexibility index (Phi) is 3.10. The molecule has 0 amide bonds. The fraction of sp³-hybridized carbons (Fsp3) is 0.400. The highest BCUT2D eigenvalue weighted by atomic mass is 35.5. The Morgan fingerprint density at radius 3 is 2.61 bits per heavy atom. The highest BCUT2D eigenvalue weighted by Crippen LogP contribution is 2.31. The Morgan fingerprint density at radius 2 is 2.06 bits per heavy atom. The van der Waals surface area contributed by atoms with Crippen LogP contribution in [-0.2, 0) is 6.18 Å². The number of pyridine rings is 1. The van der Waals surface area contributed by atoms with E-state index in [2.05, 4.69) is 9.97 Å². The topological polar surface area (TPSA) is 39.9 Å². The predicted molar refractivity (Wildman–Crippen MR) is 59.3 cm³/mol. The maximum Gasteiger partial charge on any atom is 0.453 e. The average Bonchev–Trinajstić information content (AvgIpc) is 2.56. The molecule has 98 valence electrons. The van der Waals surface area contributed by atoms with E-state index in [4.69, 9.17) is 16.4 Å². The van der Waals surface area contributed by atoms with Gasteiger partial charge in [-0.15, -0.1) is 0 Å². The van der Waals surface area contributed by atoms with Gasteiger partial charge in [-0.2, -0.15) is 17.9 Å². The molecule has 2 aromatic heterocycles. The van der Waals surface area contributed by atoms with Gasteiger partial charge in [0.05, 0.1) is 5.02 Å². The minimum Gasteiger partial charge on any atom is -0.409 e. The molecule has 0 unspecified atom stereocenters. The number of hydrogen-bond acceptors (Lipinski definition) is 3. The van der Waals surface area contributed by atoms with Crippen molar-refractivity contribution in [3.8, 4) is 0 Å². The van der Waals surface area contributed by atoms with E-state index in [1.807, 2.05) is 0 Å². The Hall–Kier alpha value is -1.50.